The third kappa shape index (κ3) is 13.2. The molecule has 0 amide bonds. The molecule has 9 nitrogen and oxygen atoms in total. The van der Waals surface area contributed by atoms with E-state index in [9.17, 15) is 25.3 Å². The van der Waals surface area contributed by atoms with Gasteiger partial charge in [0.25, 0.3) is 30.4 Å². The quantitative estimate of drug-likeness (QED) is 0.249. The van der Waals surface area contributed by atoms with Crippen molar-refractivity contribution in [3.8, 4) is 0 Å². The van der Waals surface area contributed by atoms with Gasteiger partial charge in [0, 0.05) is 5.41 Å². The van der Waals surface area contributed by atoms with E-state index in [2.05, 4.69) is 0 Å². The second-order valence-corrected chi connectivity index (χ2v) is 12.8. The first-order chi connectivity index (χ1) is 13.9. The van der Waals surface area contributed by atoms with Crippen molar-refractivity contribution in [3.63, 3.8) is 0 Å². The summed E-state index contributed by atoms with van der Waals surface area (Å²) < 4.78 is 87.9. The summed E-state index contributed by atoms with van der Waals surface area (Å²) in [4.78, 5) is 0. The van der Waals surface area contributed by atoms with Crippen molar-refractivity contribution in [2.45, 2.75) is 72.6 Å². The molecule has 0 atom stereocenters. The minimum absolute atomic E-state index is 0.172. The van der Waals surface area contributed by atoms with Gasteiger partial charge in [-0.25, -0.2) is 0 Å². The van der Waals surface area contributed by atoms with Crippen LogP contribution in [-0.4, -0.2) is 62.3 Å². The molecule has 0 spiro atoms. The van der Waals surface area contributed by atoms with E-state index < -0.39 is 55.6 Å². The lowest BCUT2D eigenvalue weighted by molar-refractivity contribution is 0.0364. The lowest BCUT2D eigenvalue weighted by atomic mass is 9.88. The highest BCUT2D eigenvalue weighted by Gasteiger charge is 2.35. The van der Waals surface area contributed by atoms with Gasteiger partial charge in [0.1, 0.15) is 0 Å². The van der Waals surface area contributed by atoms with Crippen molar-refractivity contribution in [3.05, 3.63) is 0 Å². The van der Waals surface area contributed by atoms with Crippen LogP contribution >= 0.6 is 0 Å². The number of hydrogen-bond donors (Lipinski definition) is 0. The Morgan fingerprint density at radius 3 is 1.00 bits per heavy atom. The van der Waals surface area contributed by atoms with Gasteiger partial charge in [0.2, 0.25) is 0 Å². The molecule has 0 saturated heterocycles. The van der Waals surface area contributed by atoms with Crippen molar-refractivity contribution in [1.29, 1.82) is 0 Å². The maximum atomic E-state index is 12.1. The molecule has 12 heteroatoms. The molecule has 0 aromatic rings. The van der Waals surface area contributed by atoms with Crippen LogP contribution < -0.4 is 0 Å². The molecule has 0 aromatic heterocycles. The normalized spacial score (nSPS) is 13.6. The summed E-state index contributed by atoms with van der Waals surface area (Å²) in [5.74, 6) is -0.516. The van der Waals surface area contributed by atoms with Crippen molar-refractivity contribution < 1.29 is 37.8 Å². The Kier molecular flexibility index (Phi) is 13.9. The highest BCUT2D eigenvalue weighted by Crippen LogP contribution is 2.27. The molecule has 0 aliphatic heterocycles. The third-order valence-electron chi connectivity index (χ3n) is 4.63. The monoisotopic (exact) mass is 494 g/mol. The summed E-state index contributed by atoms with van der Waals surface area (Å²) in [7, 11) is -11.5. The minimum Gasteiger partial charge on any atom is -0.269 e. The fourth-order valence-corrected chi connectivity index (χ4v) is 5.78. The van der Waals surface area contributed by atoms with Gasteiger partial charge < -0.3 is 0 Å². The number of rotatable bonds is 19. The van der Waals surface area contributed by atoms with E-state index in [-0.39, 0.29) is 23.7 Å². The Morgan fingerprint density at radius 2 is 0.800 bits per heavy atom. The zero-order chi connectivity index (χ0) is 23.3. The van der Waals surface area contributed by atoms with E-state index in [0.717, 1.165) is 0 Å². The van der Waals surface area contributed by atoms with Crippen molar-refractivity contribution in [2.24, 2.45) is 5.41 Å². The molecule has 0 aliphatic rings. The summed E-state index contributed by atoms with van der Waals surface area (Å²) in [6.45, 7) is 5.92. The Bertz CT molecular complexity index is 669. The average molecular weight is 495 g/mol. The molecule has 30 heavy (non-hydrogen) atoms. The van der Waals surface area contributed by atoms with Crippen LogP contribution in [0.3, 0.4) is 0 Å². The van der Waals surface area contributed by atoms with Gasteiger partial charge in [0.15, 0.2) is 0 Å². The Labute approximate surface area is 183 Å². The van der Waals surface area contributed by atoms with E-state index in [1.165, 1.54) is 0 Å². The van der Waals surface area contributed by atoms with Crippen molar-refractivity contribution >= 4 is 30.4 Å². The van der Waals surface area contributed by atoms with Gasteiger partial charge in [-0.1, -0.05) is 47.0 Å². The highest BCUT2D eigenvalue weighted by molar-refractivity contribution is 7.87. The molecule has 0 rings (SSSR count). The van der Waals surface area contributed by atoms with Gasteiger partial charge in [-0.15, -0.1) is 0 Å². The van der Waals surface area contributed by atoms with Crippen LogP contribution in [0.25, 0.3) is 0 Å². The lowest BCUT2D eigenvalue weighted by Gasteiger charge is -2.31. The van der Waals surface area contributed by atoms with Crippen LogP contribution in [0.2, 0.25) is 0 Å². The molecule has 0 N–H and O–H groups in total. The van der Waals surface area contributed by atoms with Crippen LogP contribution in [0.4, 0.5) is 0 Å². The molecule has 0 radical (unpaired) electrons. The molecule has 0 unspecified atom stereocenters. The molecule has 0 aliphatic carbocycles. The average Bonchev–Trinajstić information content (AvgIpc) is 2.69. The zero-order valence-corrected chi connectivity index (χ0v) is 21.0. The van der Waals surface area contributed by atoms with E-state index in [1.54, 1.807) is 6.92 Å². The van der Waals surface area contributed by atoms with Crippen LogP contribution in [0.5, 0.6) is 0 Å². The predicted molar refractivity (Wildman–Crippen MR) is 117 cm³/mol. The van der Waals surface area contributed by atoms with Gasteiger partial charge in [0.05, 0.1) is 37.1 Å². The summed E-state index contributed by atoms with van der Waals surface area (Å²) >= 11 is 0. The molecular weight excluding hydrogens is 456 g/mol. The van der Waals surface area contributed by atoms with Gasteiger partial charge in [-0.2, -0.15) is 25.3 Å². The van der Waals surface area contributed by atoms with E-state index in [4.69, 9.17) is 12.5 Å². The second kappa shape index (κ2) is 14.0. The largest absolute Gasteiger partial charge is 0.269 e. The maximum Gasteiger partial charge on any atom is 0.267 e. The molecule has 0 saturated carbocycles. The minimum atomic E-state index is -3.83. The molecule has 0 heterocycles. The zero-order valence-electron chi connectivity index (χ0n) is 18.6. The lowest BCUT2D eigenvalue weighted by Crippen LogP contribution is -2.39. The number of hydrogen-bond acceptors (Lipinski definition) is 9. The van der Waals surface area contributed by atoms with E-state index in [0.29, 0.717) is 38.5 Å². The fraction of sp³-hybridized carbons (Fsp3) is 1.00. The van der Waals surface area contributed by atoms with Crippen LogP contribution in [0.15, 0.2) is 0 Å². The SMILES string of the molecule is CCCCS(=O)(=O)OCC(CC)(COS(=O)(=O)CCCC)COS(=O)(=O)CCCC. The van der Waals surface area contributed by atoms with Gasteiger partial charge >= 0.3 is 0 Å². The second-order valence-electron chi connectivity index (χ2n) is 7.49. The summed E-state index contributed by atoms with van der Waals surface area (Å²) in [6, 6.07) is 0. The number of unbranched alkanes of at least 4 members (excludes halogenated alkanes) is 3. The first-order valence-corrected chi connectivity index (χ1v) is 15.2. The van der Waals surface area contributed by atoms with Gasteiger partial charge in [-0.3, -0.25) is 12.5 Å². The standard InChI is InChI=1S/C18H38O9S3/c1-5-9-12-28(19,20)25-15-18(8-4,16-26-29(21,22)13-10-6-2)17-27-30(23,24)14-11-7-3/h5-17H2,1-4H3. The van der Waals surface area contributed by atoms with E-state index >= 15 is 0 Å². The topological polar surface area (TPSA) is 130 Å². The van der Waals surface area contributed by atoms with Crippen molar-refractivity contribution in [1.82, 2.24) is 0 Å². The summed E-state index contributed by atoms with van der Waals surface area (Å²) in [5.41, 5.74) is -1.25. The maximum absolute atomic E-state index is 12.1. The fourth-order valence-electron chi connectivity index (χ4n) is 2.22. The predicted octanol–water partition coefficient (Wildman–Crippen LogP) is 2.82. The van der Waals surface area contributed by atoms with Crippen LogP contribution in [0.1, 0.15) is 72.6 Å². The summed E-state index contributed by atoms with van der Waals surface area (Å²) in [5, 5.41) is 0. The van der Waals surface area contributed by atoms with Crippen molar-refractivity contribution in [2.75, 3.05) is 37.1 Å². The molecule has 0 aromatic carbocycles. The van der Waals surface area contributed by atoms with Gasteiger partial charge in [-0.05, 0) is 25.7 Å². The first-order valence-electron chi connectivity index (χ1n) is 10.5. The summed E-state index contributed by atoms with van der Waals surface area (Å²) in [6.07, 6.45) is 3.46. The highest BCUT2D eigenvalue weighted by atomic mass is 32.2. The molecule has 0 bridgehead atoms. The third-order valence-corrected chi connectivity index (χ3v) is 8.42. The molecule has 0 fully saturated rings. The van der Waals surface area contributed by atoms with Crippen LogP contribution in [-0.2, 0) is 42.9 Å². The smallest absolute Gasteiger partial charge is 0.267 e. The first kappa shape index (κ1) is 29.7. The van der Waals surface area contributed by atoms with E-state index in [1.807, 2.05) is 20.8 Å². The Balaban J connectivity index is 5.41. The Morgan fingerprint density at radius 1 is 0.533 bits per heavy atom. The molecular formula is C18H38O9S3. The van der Waals surface area contributed by atoms with Crippen LogP contribution in [0, 0.1) is 5.41 Å². The Hall–Kier alpha value is -0.270. The molecule has 182 valence electrons.